The van der Waals surface area contributed by atoms with Crippen LogP contribution in [0.1, 0.15) is 30.7 Å². The number of fused-ring (bicyclic) bond motifs is 2. The molecule has 1 aliphatic rings. The monoisotopic (exact) mass is 360 g/mol. The van der Waals surface area contributed by atoms with Gasteiger partial charge in [0.2, 0.25) is 0 Å². The van der Waals surface area contributed by atoms with E-state index < -0.39 is 0 Å². The Labute approximate surface area is 157 Å². The second-order valence-electron chi connectivity index (χ2n) is 7.72. The fourth-order valence-corrected chi connectivity index (χ4v) is 4.00. The van der Waals surface area contributed by atoms with E-state index >= 15 is 0 Å². The number of imidazole rings is 1. The molecule has 0 amide bonds. The van der Waals surface area contributed by atoms with E-state index in [2.05, 4.69) is 56.1 Å². The fraction of sp³-hybridized carbons (Fsp3) is 0.333. The Morgan fingerprint density at radius 2 is 2.00 bits per heavy atom. The van der Waals surface area contributed by atoms with Gasteiger partial charge in [-0.15, -0.1) is 0 Å². The molecule has 1 aliphatic carbocycles. The Kier molecular flexibility index (Phi) is 3.68. The molecule has 0 unspecified atom stereocenters. The maximum atomic E-state index is 6.01. The van der Waals surface area contributed by atoms with Gasteiger partial charge in [0.1, 0.15) is 17.2 Å². The summed E-state index contributed by atoms with van der Waals surface area (Å²) in [6.45, 7) is 2.92. The highest BCUT2D eigenvalue weighted by Crippen LogP contribution is 2.31. The number of benzene rings is 1. The lowest BCUT2D eigenvalue weighted by atomic mass is 9.91. The van der Waals surface area contributed by atoms with Gasteiger partial charge in [0, 0.05) is 34.7 Å². The Morgan fingerprint density at radius 3 is 2.78 bits per heavy atom. The minimum atomic E-state index is 0.489. The van der Waals surface area contributed by atoms with Crippen molar-refractivity contribution in [3.8, 4) is 11.3 Å². The highest BCUT2D eigenvalue weighted by atomic mass is 15.1. The molecule has 3 heterocycles. The summed E-state index contributed by atoms with van der Waals surface area (Å²) in [5.74, 6) is 1.32. The van der Waals surface area contributed by atoms with E-state index in [0.29, 0.717) is 5.82 Å². The third-order valence-corrected chi connectivity index (χ3v) is 5.70. The largest absolute Gasteiger partial charge is 0.384 e. The average molecular weight is 360 g/mol. The summed E-state index contributed by atoms with van der Waals surface area (Å²) in [6, 6.07) is 11.5. The summed E-state index contributed by atoms with van der Waals surface area (Å²) in [5, 5.41) is 1.21. The predicted molar refractivity (Wildman–Crippen MR) is 109 cm³/mol. The SMILES string of the molecule is Cc1nc2c(-c3cc4cc(CN(C)C5CCC5)ccc4[nH]3)cc(N)nc2[nH]1. The van der Waals surface area contributed by atoms with E-state index in [0.717, 1.165) is 46.3 Å². The van der Waals surface area contributed by atoms with Crippen molar-refractivity contribution in [3.63, 3.8) is 0 Å². The molecule has 6 heteroatoms. The first-order valence-corrected chi connectivity index (χ1v) is 9.52. The van der Waals surface area contributed by atoms with Crippen molar-refractivity contribution < 1.29 is 0 Å². The van der Waals surface area contributed by atoms with Gasteiger partial charge in [0.15, 0.2) is 5.65 Å². The third kappa shape index (κ3) is 2.86. The Morgan fingerprint density at radius 1 is 1.15 bits per heavy atom. The van der Waals surface area contributed by atoms with Crippen molar-refractivity contribution in [1.29, 1.82) is 0 Å². The zero-order valence-electron chi connectivity index (χ0n) is 15.7. The molecule has 0 radical (unpaired) electrons. The van der Waals surface area contributed by atoms with E-state index in [1.165, 1.54) is 30.2 Å². The van der Waals surface area contributed by atoms with E-state index in [9.17, 15) is 0 Å². The first kappa shape index (κ1) is 16.3. The quantitative estimate of drug-likeness (QED) is 0.514. The van der Waals surface area contributed by atoms with Crippen molar-refractivity contribution in [2.75, 3.05) is 12.8 Å². The van der Waals surface area contributed by atoms with Crippen molar-refractivity contribution in [3.05, 3.63) is 41.7 Å². The lowest BCUT2D eigenvalue weighted by Gasteiger charge is -2.34. The summed E-state index contributed by atoms with van der Waals surface area (Å²) >= 11 is 0. The van der Waals surface area contributed by atoms with Crippen molar-refractivity contribution in [2.24, 2.45) is 0 Å². The van der Waals surface area contributed by atoms with Gasteiger partial charge >= 0.3 is 0 Å². The highest BCUT2D eigenvalue weighted by molar-refractivity contribution is 5.95. The molecule has 138 valence electrons. The summed E-state index contributed by atoms with van der Waals surface area (Å²) in [4.78, 5) is 18.1. The van der Waals surface area contributed by atoms with Gasteiger partial charge < -0.3 is 15.7 Å². The highest BCUT2D eigenvalue weighted by Gasteiger charge is 2.22. The number of nitrogens with one attached hydrogen (secondary N) is 2. The van der Waals surface area contributed by atoms with Crippen LogP contribution in [0.25, 0.3) is 33.3 Å². The van der Waals surface area contributed by atoms with Crippen molar-refractivity contribution >= 4 is 27.9 Å². The number of nitrogens with zero attached hydrogens (tertiary/aromatic N) is 3. The van der Waals surface area contributed by atoms with Gasteiger partial charge in [-0.2, -0.15) is 0 Å². The van der Waals surface area contributed by atoms with Gasteiger partial charge in [-0.1, -0.05) is 12.5 Å². The zero-order valence-corrected chi connectivity index (χ0v) is 15.7. The van der Waals surface area contributed by atoms with Crippen LogP contribution in [-0.2, 0) is 6.54 Å². The van der Waals surface area contributed by atoms with Gasteiger partial charge in [0.05, 0.1) is 0 Å². The summed E-state index contributed by atoms with van der Waals surface area (Å²) < 4.78 is 0. The number of nitrogen functional groups attached to an aromatic ring is 1. The molecule has 6 nitrogen and oxygen atoms in total. The normalized spacial score (nSPS) is 15.1. The molecule has 5 rings (SSSR count). The molecule has 0 spiro atoms. The number of rotatable bonds is 4. The van der Waals surface area contributed by atoms with Crippen molar-refractivity contribution in [1.82, 2.24) is 24.8 Å². The van der Waals surface area contributed by atoms with Gasteiger partial charge in [-0.25, -0.2) is 9.97 Å². The molecule has 0 aliphatic heterocycles. The number of hydrogen-bond acceptors (Lipinski definition) is 4. The molecule has 0 atom stereocenters. The van der Waals surface area contributed by atoms with Gasteiger partial charge in [-0.3, -0.25) is 4.90 Å². The van der Waals surface area contributed by atoms with Crippen LogP contribution in [0.15, 0.2) is 30.3 Å². The van der Waals surface area contributed by atoms with E-state index in [4.69, 9.17) is 5.73 Å². The summed E-state index contributed by atoms with van der Waals surface area (Å²) in [6.07, 6.45) is 4.02. The van der Waals surface area contributed by atoms with Crippen molar-refractivity contribution in [2.45, 2.75) is 38.8 Å². The fourth-order valence-electron chi connectivity index (χ4n) is 4.00. The second kappa shape index (κ2) is 6.09. The number of aromatic nitrogens is 4. The molecule has 1 saturated carbocycles. The minimum absolute atomic E-state index is 0.489. The van der Waals surface area contributed by atoms with E-state index in [-0.39, 0.29) is 0 Å². The standard InChI is InChI=1S/C21H24N6/c1-12-23-20-16(10-19(22)26-21(20)24-12)18-9-14-8-13(6-7-17(14)25-18)11-27(2)15-4-3-5-15/h6-10,15,25H,3-5,11H2,1-2H3,(H3,22,23,24,26). The molecule has 27 heavy (non-hydrogen) atoms. The minimum Gasteiger partial charge on any atom is -0.384 e. The van der Waals surface area contributed by atoms with E-state index in [1.54, 1.807) is 0 Å². The Hall–Kier alpha value is -2.86. The number of nitrogens with two attached hydrogens (primary N) is 1. The maximum absolute atomic E-state index is 6.01. The van der Waals surface area contributed by atoms with Gasteiger partial charge in [-0.05, 0) is 56.6 Å². The van der Waals surface area contributed by atoms with Crippen LogP contribution in [0.3, 0.4) is 0 Å². The third-order valence-electron chi connectivity index (χ3n) is 5.70. The topological polar surface area (TPSA) is 86.6 Å². The van der Waals surface area contributed by atoms with Crippen LogP contribution in [-0.4, -0.2) is 37.9 Å². The Bertz CT molecular complexity index is 1130. The summed E-state index contributed by atoms with van der Waals surface area (Å²) in [5.41, 5.74) is 12.0. The molecule has 1 aromatic carbocycles. The molecule has 1 fully saturated rings. The van der Waals surface area contributed by atoms with Crippen LogP contribution in [0.2, 0.25) is 0 Å². The second-order valence-corrected chi connectivity index (χ2v) is 7.72. The van der Waals surface area contributed by atoms with Gasteiger partial charge in [0.25, 0.3) is 0 Å². The number of aryl methyl sites for hydroxylation is 1. The lowest BCUT2D eigenvalue weighted by Crippen LogP contribution is -2.36. The first-order chi connectivity index (χ1) is 13.1. The predicted octanol–water partition coefficient (Wildman–Crippen LogP) is 3.98. The first-order valence-electron chi connectivity index (χ1n) is 9.52. The number of anilines is 1. The van der Waals surface area contributed by atoms with Crippen LogP contribution in [0, 0.1) is 6.92 Å². The molecule has 4 aromatic rings. The summed E-state index contributed by atoms with van der Waals surface area (Å²) in [7, 11) is 2.23. The smallest absolute Gasteiger partial charge is 0.160 e. The van der Waals surface area contributed by atoms with Crippen LogP contribution in [0.4, 0.5) is 5.82 Å². The molecular weight excluding hydrogens is 336 g/mol. The van der Waals surface area contributed by atoms with Crippen LogP contribution < -0.4 is 5.73 Å². The number of pyridine rings is 1. The molecular formula is C21H24N6. The maximum Gasteiger partial charge on any atom is 0.160 e. The molecule has 4 N–H and O–H groups in total. The van der Waals surface area contributed by atoms with Crippen LogP contribution in [0.5, 0.6) is 0 Å². The number of hydrogen-bond donors (Lipinski definition) is 3. The van der Waals surface area contributed by atoms with E-state index in [1.807, 2.05) is 13.0 Å². The van der Waals surface area contributed by atoms with Crippen LogP contribution >= 0.6 is 0 Å². The lowest BCUT2D eigenvalue weighted by molar-refractivity contribution is 0.153. The number of H-pyrrole nitrogens is 2. The molecule has 0 saturated heterocycles. The Balaban J connectivity index is 1.53. The average Bonchev–Trinajstić information content (AvgIpc) is 3.14. The molecule has 3 aromatic heterocycles. The zero-order chi connectivity index (χ0) is 18.5. The molecule has 0 bridgehead atoms. The number of aromatic amines is 2.